The maximum Gasteiger partial charge on any atom is 0.226 e. The summed E-state index contributed by atoms with van der Waals surface area (Å²) in [6.07, 6.45) is 8.24. The maximum atomic E-state index is 12.8. The monoisotopic (exact) mass is 266 g/mol. The smallest absolute Gasteiger partial charge is 0.226 e. The third-order valence-corrected chi connectivity index (χ3v) is 5.17. The molecule has 3 heteroatoms. The Morgan fingerprint density at radius 1 is 0.947 bits per heavy atom. The van der Waals surface area contributed by atoms with Crippen molar-refractivity contribution in [1.29, 1.82) is 0 Å². The van der Waals surface area contributed by atoms with Crippen LogP contribution in [0.5, 0.6) is 0 Å². The summed E-state index contributed by atoms with van der Waals surface area (Å²) < 4.78 is 0. The Kier molecular flexibility index (Phi) is 5.26. The predicted molar refractivity (Wildman–Crippen MR) is 78.7 cm³/mol. The highest BCUT2D eigenvalue weighted by Crippen LogP contribution is 2.34. The van der Waals surface area contributed by atoms with Gasteiger partial charge in [-0.2, -0.15) is 0 Å². The van der Waals surface area contributed by atoms with Gasteiger partial charge in [0.15, 0.2) is 0 Å². The van der Waals surface area contributed by atoms with Crippen molar-refractivity contribution in [2.75, 3.05) is 13.1 Å². The molecule has 1 saturated heterocycles. The molecule has 4 atom stereocenters. The number of nitrogens with two attached hydrogens (primary N) is 1. The topological polar surface area (TPSA) is 46.3 Å². The molecule has 3 nitrogen and oxygen atoms in total. The van der Waals surface area contributed by atoms with Crippen LogP contribution in [0.25, 0.3) is 0 Å². The van der Waals surface area contributed by atoms with E-state index < -0.39 is 0 Å². The van der Waals surface area contributed by atoms with Gasteiger partial charge in [0, 0.05) is 25.0 Å². The average molecular weight is 266 g/mol. The van der Waals surface area contributed by atoms with E-state index in [1.165, 1.54) is 32.1 Å². The number of hydrogen-bond donors (Lipinski definition) is 1. The molecule has 19 heavy (non-hydrogen) atoms. The normalized spacial score (nSPS) is 37.5. The number of hydrogen-bond acceptors (Lipinski definition) is 2. The van der Waals surface area contributed by atoms with Gasteiger partial charge in [-0.15, -0.1) is 0 Å². The minimum Gasteiger partial charge on any atom is -0.342 e. The molecule has 1 aliphatic heterocycles. The third kappa shape index (κ3) is 3.71. The SMILES string of the molecule is CC1CC(C)C(C(=O)N2CCCCCCC2)CC1N. The molecule has 0 radical (unpaired) electrons. The molecule has 2 fully saturated rings. The lowest BCUT2D eigenvalue weighted by atomic mass is 9.72. The van der Waals surface area contributed by atoms with Crippen LogP contribution >= 0.6 is 0 Å². The van der Waals surface area contributed by atoms with E-state index in [1.54, 1.807) is 0 Å². The second-order valence-corrected chi connectivity index (χ2v) is 6.79. The lowest BCUT2D eigenvalue weighted by Gasteiger charge is -2.39. The van der Waals surface area contributed by atoms with Crippen LogP contribution in [0, 0.1) is 17.8 Å². The maximum absolute atomic E-state index is 12.8. The van der Waals surface area contributed by atoms with Crippen molar-refractivity contribution in [2.24, 2.45) is 23.5 Å². The van der Waals surface area contributed by atoms with Gasteiger partial charge < -0.3 is 10.6 Å². The van der Waals surface area contributed by atoms with Crippen LogP contribution in [-0.2, 0) is 4.79 Å². The van der Waals surface area contributed by atoms with Crippen molar-refractivity contribution in [3.05, 3.63) is 0 Å². The lowest BCUT2D eigenvalue weighted by Crippen LogP contribution is -2.47. The van der Waals surface area contributed by atoms with Crippen molar-refractivity contribution < 1.29 is 4.79 Å². The van der Waals surface area contributed by atoms with E-state index in [0.717, 1.165) is 25.9 Å². The van der Waals surface area contributed by atoms with Gasteiger partial charge in [-0.25, -0.2) is 0 Å². The van der Waals surface area contributed by atoms with E-state index in [4.69, 9.17) is 5.73 Å². The van der Waals surface area contributed by atoms with Crippen molar-refractivity contribution in [3.8, 4) is 0 Å². The Hall–Kier alpha value is -0.570. The number of carbonyl (C=O) groups is 1. The molecule has 1 saturated carbocycles. The van der Waals surface area contributed by atoms with E-state index in [2.05, 4.69) is 18.7 Å². The van der Waals surface area contributed by atoms with Gasteiger partial charge >= 0.3 is 0 Å². The van der Waals surface area contributed by atoms with E-state index in [-0.39, 0.29) is 12.0 Å². The number of carbonyl (C=O) groups excluding carboxylic acids is 1. The molecule has 0 aromatic rings. The van der Waals surface area contributed by atoms with E-state index in [1.807, 2.05) is 0 Å². The summed E-state index contributed by atoms with van der Waals surface area (Å²) >= 11 is 0. The van der Waals surface area contributed by atoms with Crippen LogP contribution in [-0.4, -0.2) is 29.9 Å². The van der Waals surface area contributed by atoms with Gasteiger partial charge in [-0.05, 0) is 37.5 Å². The van der Waals surface area contributed by atoms with Crippen LogP contribution in [0.4, 0.5) is 0 Å². The molecule has 0 aromatic carbocycles. The fourth-order valence-electron chi connectivity index (χ4n) is 3.73. The quantitative estimate of drug-likeness (QED) is 0.793. The second-order valence-electron chi connectivity index (χ2n) is 6.79. The van der Waals surface area contributed by atoms with E-state index in [0.29, 0.717) is 17.7 Å². The van der Waals surface area contributed by atoms with Gasteiger partial charge in [0.25, 0.3) is 0 Å². The minimum atomic E-state index is 0.172. The van der Waals surface area contributed by atoms with Crippen LogP contribution in [0.3, 0.4) is 0 Å². The molecule has 2 rings (SSSR count). The van der Waals surface area contributed by atoms with Crippen molar-refractivity contribution in [2.45, 2.75) is 64.8 Å². The van der Waals surface area contributed by atoms with E-state index in [9.17, 15) is 4.79 Å². The zero-order chi connectivity index (χ0) is 13.8. The van der Waals surface area contributed by atoms with Crippen molar-refractivity contribution >= 4 is 5.91 Å². The molecule has 0 spiro atoms. The summed E-state index contributed by atoms with van der Waals surface area (Å²) in [5, 5.41) is 0. The van der Waals surface area contributed by atoms with Gasteiger partial charge in [-0.1, -0.05) is 33.1 Å². The molecule has 0 aromatic heterocycles. The fourth-order valence-corrected chi connectivity index (χ4v) is 3.73. The highest BCUT2D eigenvalue weighted by atomic mass is 16.2. The standard InChI is InChI=1S/C16H30N2O/c1-12-10-13(2)15(17)11-14(12)16(19)18-8-6-4-3-5-7-9-18/h12-15H,3-11,17H2,1-2H3. The van der Waals surface area contributed by atoms with Crippen molar-refractivity contribution in [1.82, 2.24) is 4.90 Å². The van der Waals surface area contributed by atoms with Crippen molar-refractivity contribution in [3.63, 3.8) is 0 Å². The summed E-state index contributed by atoms with van der Waals surface area (Å²) in [6.45, 7) is 6.38. The largest absolute Gasteiger partial charge is 0.342 e. The first-order chi connectivity index (χ1) is 9.09. The van der Waals surface area contributed by atoms with Gasteiger partial charge in [0.05, 0.1) is 0 Å². The van der Waals surface area contributed by atoms with Crippen LogP contribution in [0.2, 0.25) is 0 Å². The Morgan fingerprint density at radius 2 is 1.53 bits per heavy atom. The Morgan fingerprint density at radius 3 is 2.16 bits per heavy atom. The molecule has 4 unspecified atom stereocenters. The zero-order valence-corrected chi connectivity index (χ0v) is 12.6. The van der Waals surface area contributed by atoms with Crippen LogP contribution < -0.4 is 5.73 Å². The lowest BCUT2D eigenvalue weighted by molar-refractivity contribution is -0.139. The third-order valence-electron chi connectivity index (χ3n) is 5.17. The Bertz CT molecular complexity index is 297. The first-order valence-electron chi connectivity index (χ1n) is 8.14. The number of rotatable bonds is 1. The highest BCUT2D eigenvalue weighted by molar-refractivity contribution is 5.79. The molecule has 2 aliphatic rings. The number of nitrogens with zero attached hydrogens (tertiary/aromatic N) is 1. The van der Waals surface area contributed by atoms with Gasteiger partial charge in [0.2, 0.25) is 5.91 Å². The first kappa shape index (κ1) is 14.8. The summed E-state index contributed by atoms with van der Waals surface area (Å²) in [5.74, 6) is 1.61. The number of amides is 1. The second kappa shape index (κ2) is 6.74. The fraction of sp³-hybridized carbons (Fsp3) is 0.938. The van der Waals surface area contributed by atoms with Crippen LogP contribution in [0.1, 0.15) is 58.8 Å². The summed E-state index contributed by atoms with van der Waals surface area (Å²) in [7, 11) is 0. The molecular formula is C16H30N2O. The predicted octanol–water partition coefficient (Wildman–Crippen LogP) is 2.79. The minimum absolute atomic E-state index is 0.172. The molecule has 0 bridgehead atoms. The molecule has 1 amide bonds. The van der Waals surface area contributed by atoms with Crippen LogP contribution in [0.15, 0.2) is 0 Å². The summed E-state index contributed by atoms with van der Waals surface area (Å²) in [5.41, 5.74) is 6.18. The Balaban J connectivity index is 1.96. The average Bonchev–Trinajstić information content (AvgIpc) is 2.32. The molecule has 110 valence electrons. The zero-order valence-electron chi connectivity index (χ0n) is 12.6. The molecular weight excluding hydrogens is 236 g/mol. The van der Waals surface area contributed by atoms with E-state index >= 15 is 0 Å². The summed E-state index contributed by atoms with van der Waals surface area (Å²) in [4.78, 5) is 14.9. The van der Waals surface area contributed by atoms with Gasteiger partial charge in [0.1, 0.15) is 0 Å². The number of likely N-dealkylation sites (tertiary alicyclic amines) is 1. The highest BCUT2D eigenvalue weighted by Gasteiger charge is 2.36. The molecule has 1 heterocycles. The van der Waals surface area contributed by atoms with Gasteiger partial charge in [-0.3, -0.25) is 4.79 Å². The summed E-state index contributed by atoms with van der Waals surface area (Å²) in [6, 6.07) is 0.208. The Labute approximate surface area is 117 Å². The first-order valence-corrected chi connectivity index (χ1v) is 8.14. The molecule has 1 aliphatic carbocycles. The molecule has 2 N–H and O–H groups in total.